The molecule has 0 atom stereocenters. The molecule has 21 heavy (non-hydrogen) atoms. The zero-order chi connectivity index (χ0) is 14.1. The average Bonchev–Trinajstić information content (AvgIpc) is 2.43. The van der Waals surface area contributed by atoms with E-state index in [0.717, 1.165) is 15.4 Å². The Morgan fingerprint density at radius 2 is 1.90 bits per heavy atom. The number of fused-ring (bicyclic) bond motifs is 1. The van der Waals surface area contributed by atoms with Crippen molar-refractivity contribution < 1.29 is 0 Å². The van der Waals surface area contributed by atoms with Gasteiger partial charge in [0.15, 0.2) is 0 Å². The number of aromatic nitrogens is 3. The van der Waals surface area contributed by atoms with Crippen LogP contribution in [0.25, 0.3) is 10.9 Å². The van der Waals surface area contributed by atoms with Gasteiger partial charge in [-0.15, -0.1) is 12.4 Å². The lowest BCUT2D eigenvalue weighted by Crippen LogP contribution is -2.12. The minimum absolute atomic E-state index is 0. The maximum absolute atomic E-state index is 12.2. The second kappa shape index (κ2) is 6.15. The van der Waals surface area contributed by atoms with Crippen LogP contribution in [0.1, 0.15) is 5.56 Å². The van der Waals surface area contributed by atoms with Crippen LogP contribution in [0.5, 0.6) is 0 Å². The van der Waals surface area contributed by atoms with Gasteiger partial charge in [-0.25, -0.2) is 4.98 Å². The Morgan fingerprint density at radius 1 is 1.19 bits per heavy atom. The largest absolute Gasteiger partial charge is 0.369 e. The fraction of sp³-hybridized carbons (Fsp3) is 0.0714. The van der Waals surface area contributed by atoms with Crippen LogP contribution in [0.2, 0.25) is 0 Å². The number of benzene rings is 1. The standard InChI is InChI=1S/C14H12N4OS.ClH/c1-8-2-3-10-11(13(19)18-14(15)17-10)12(8)20-9-4-6-16-7-5-9;/h2-7H,1H3,(H3,15,17,18,19);1H. The van der Waals surface area contributed by atoms with Gasteiger partial charge in [0.1, 0.15) is 0 Å². The Balaban J connectivity index is 0.00000161. The van der Waals surface area contributed by atoms with Crippen molar-refractivity contribution in [3.8, 4) is 0 Å². The SMILES string of the molecule is Cc1ccc2nc(N)[nH]c(=O)c2c1Sc1ccncc1.Cl. The maximum Gasteiger partial charge on any atom is 0.261 e. The first kappa shape index (κ1) is 15.3. The molecular formula is C14H13ClN4OS. The van der Waals surface area contributed by atoms with E-state index in [1.807, 2.05) is 31.2 Å². The Morgan fingerprint density at radius 3 is 2.62 bits per heavy atom. The van der Waals surface area contributed by atoms with E-state index in [1.54, 1.807) is 12.4 Å². The van der Waals surface area contributed by atoms with Crippen molar-refractivity contribution >= 4 is 41.0 Å². The predicted molar refractivity (Wildman–Crippen MR) is 87.1 cm³/mol. The van der Waals surface area contributed by atoms with Crippen LogP contribution in [0.3, 0.4) is 0 Å². The zero-order valence-electron chi connectivity index (χ0n) is 11.2. The lowest BCUT2D eigenvalue weighted by atomic mass is 10.1. The number of H-pyrrole nitrogens is 1. The van der Waals surface area contributed by atoms with E-state index in [-0.39, 0.29) is 23.9 Å². The number of anilines is 1. The molecule has 3 N–H and O–H groups in total. The van der Waals surface area contributed by atoms with E-state index < -0.39 is 0 Å². The Kier molecular flexibility index (Phi) is 4.50. The van der Waals surface area contributed by atoms with Crippen molar-refractivity contribution in [3.05, 3.63) is 52.6 Å². The number of halogens is 1. The first-order valence-electron chi connectivity index (χ1n) is 6.02. The summed E-state index contributed by atoms with van der Waals surface area (Å²) in [4.78, 5) is 24.8. The molecule has 1 aromatic carbocycles. The van der Waals surface area contributed by atoms with Crippen molar-refractivity contribution in [2.45, 2.75) is 16.7 Å². The normalized spacial score (nSPS) is 10.3. The van der Waals surface area contributed by atoms with E-state index in [9.17, 15) is 4.79 Å². The van der Waals surface area contributed by atoms with Crippen molar-refractivity contribution in [2.75, 3.05) is 5.73 Å². The number of rotatable bonds is 2. The molecule has 0 saturated carbocycles. The van der Waals surface area contributed by atoms with Gasteiger partial charge in [-0.2, -0.15) is 0 Å². The highest BCUT2D eigenvalue weighted by atomic mass is 35.5. The van der Waals surface area contributed by atoms with E-state index in [4.69, 9.17) is 5.73 Å². The Hall–Kier alpha value is -2.05. The summed E-state index contributed by atoms with van der Waals surface area (Å²) in [5.74, 6) is 0.131. The van der Waals surface area contributed by atoms with Gasteiger partial charge in [-0.05, 0) is 30.7 Å². The summed E-state index contributed by atoms with van der Waals surface area (Å²) in [5.41, 5.74) is 7.00. The number of hydrogen-bond acceptors (Lipinski definition) is 5. The molecule has 108 valence electrons. The number of aryl methyl sites for hydroxylation is 1. The van der Waals surface area contributed by atoms with Crippen LogP contribution >= 0.6 is 24.2 Å². The van der Waals surface area contributed by atoms with Gasteiger partial charge in [0, 0.05) is 22.2 Å². The first-order chi connectivity index (χ1) is 9.65. The van der Waals surface area contributed by atoms with E-state index >= 15 is 0 Å². The average molecular weight is 321 g/mol. The zero-order valence-corrected chi connectivity index (χ0v) is 12.8. The highest BCUT2D eigenvalue weighted by Crippen LogP contribution is 2.33. The first-order valence-corrected chi connectivity index (χ1v) is 6.84. The monoisotopic (exact) mass is 320 g/mol. The van der Waals surface area contributed by atoms with E-state index in [0.29, 0.717) is 10.9 Å². The van der Waals surface area contributed by atoms with Crippen LogP contribution in [0.15, 0.2) is 51.2 Å². The maximum atomic E-state index is 12.2. The molecule has 0 spiro atoms. The van der Waals surface area contributed by atoms with E-state index in [2.05, 4.69) is 15.0 Å². The van der Waals surface area contributed by atoms with Crippen LogP contribution in [0.4, 0.5) is 5.95 Å². The third-order valence-electron chi connectivity index (χ3n) is 2.91. The third kappa shape index (κ3) is 3.01. The van der Waals surface area contributed by atoms with Crippen LogP contribution in [-0.4, -0.2) is 15.0 Å². The number of nitrogen functional groups attached to an aromatic ring is 1. The molecule has 0 bridgehead atoms. The molecule has 5 nitrogen and oxygen atoms in total. The molecule has 0 radical (unpaired) electrons. The number of hydrogen-bond donors (Lipinski definition) is 2. The minimum Gasteiger partial charge on any atom is -0.369 e. The number of nitrogens with two attached hydrogens (primary N) is 1. The second-order valence-electron chi connectivity index (χ2n) is 4.34. The molecule has 0 aliphatic carbocycles. The summed E-state index contributed by atoms with van der Waals surface area (Å²) in [7, 11) is 0. The molecule has 0 amide bonds. The predicted octanol–water partition coefficient (Wildman–Crippen LogP) is 2.78. The molecule has 0 fully saturated rings. The highest BCUT2D eigenvalue weighted by molar-refractivity contribution is 7.99. The molecule has 2 aromatic heterocycles. The summed E-state index contributed by atoms with van der Waals surface area (Å²) < 4.78 is 0. The van der Waals surface area contributed by atoms with Crippen LogP contribution in [0, 0.1) is 6.92 Å². The fourth-order valence-corrected chi connectivity index (χ4v) is 3.00. The number of nitrogens with one attached hydrogen (secondary N) is 1. The van der Waals surface area contributed by atoms with Crippen molar-refractivity contribution in [3.63, 3.8) is 0 Å². The third-order valence-corrected chi connectivity index (χ3v) is 4.15. The van der Waals surface area contributed by atoms with Crippen LogP contribution in [-0.2, 0) is 0 Å². The summed E-state index contributed by atoms with van der Waals surface area (Å²) in [5, 5.41) is 0.570. The summed E-state index contributed by atoms with van der Waals surface area (Å²) in [6.07, 6.45) is 3.45. The van der Waals surface area contributed by atoms with Gasteiger partial charge in [0.25, 0.3) is 5.56 Å². The van der Waals surface area contributed by atoms with Gasteiger partial charge in [-0.1, -0.05) is 17.8 Å². The topological polar surface area (TPSA) is 84.7 Å². The number of pyridine rings is 1. The number of nitrogens with zero attached hydrogens (tertiary/aromatic N) is 2. The quantitative estimate of drug-likeness (QED) is 0.758. The van der Waals surface area contributed by atoms with Crippen molar-refractivity contribution in [1.82, 2.24) is 15.0 Å². The molecule has 0 saturated heterocycles. The minimum atomic E-state index is -0.215. The van der Waals surface area contributed by atoms with Gasteiger partial charge >= 0.3 is 0 Å². The van der Waals surface area contributed by atoms with Crippen LogP contribution < -0.4 is 11.3 Å². The smallest absolute Gasteiger partial charge is 0.261 e. The van der Waals surface area contributed by atoms with Gasteiger partial charge in [0.05, 0.1) is 10.9 Å². The van der Waals surface area contributed by atoms with Crippen molar-refractivity contribution in [2.24, 2.45) is 0 Å². The van der Waals surface area contributed by atoms with E-state index in [1.165, 1.54) is 11.8 Å². The fourth-order valence-electron chi connectivity index (χ4n) is 1.98. The molecule has 3 rings (SSSR count). The van der Waals surface area contributed by atoms with Gasteiger partial charge in [0.2, 0.25) is 5.95 Å². The van der Waals surface area contributed by atoms with Gasteiger partial charge in [-0.3, -0.25) is 14.8 Å². The molecule has 7 heteroatoms. The highest BCUT2D eigenvalue weighted by Gasteiger charge is 2.11. The molecule has 0 aliphatic heterocycles. The summed E-state index contributed by atoms with van der Waals surface area (Å²) in [6.45, 7) is 1.97. The molecule has 0 aliphatic rings. The molecule has 0 unspecified atom stereocenters. The Bertz CT molecular complexity index is 835. The second-order valence-corrected chi connectivity index (χ2v) is 5.43. The lowest BCUT2D eigenvalue weighted by Gasteiger charge is -2.09. The lowest BCUT2D eigenvalue weighted by molar-refractivity contribution is 1.16. The van der Waals surface area contributed by atoms with Crippen molar-refractivity contribution in [1.29, 1.82) is 0 Å². The molecule has 2 heterocycles. The molecular weight excluding hydrogens is 308 g/mol. The van der Waals surface area contributed by atoms with Gasteiger partial charge < -0.3 is 5.73 Å². The summed E-state index contributed by atoms with van der Waals surface area (Å²) in [6, 6.07) is 7.56. The Labute approximate surface area is 131 Å². The summed E-state index contributed by atoms with van der Waals surface area (Å²) >= 11 is 1.52. The molecule has 3 aromatic rings. The number of aromatic amines is 1.